The molecule has 0 saturated heterocycles. The molecule has 1 atom stereocenters. The Morgan fingerprint density at radius 3 is 2.95 bits per heavy atom. The summed E-state index contributed by atoms with van der Waals surface area (Å²) in [5.41, 5.74) is 5.26. The second-order valence-corrected chi connectivity index (χ2v) is 7.10. The first-order chi connectivity index (χ1) is 9.13. The van der Waals surface area contributed by atoms with Crippen LogP contribution in [0.1, 0.15) is 40.5 Å². The molecule has 2 aromatic rings. The maximum atomic E-state index is 6.17. The first kappa shape index (κ1) is 13.0. The minimum atomic E-state index is 0.410. The molecule has 1 aromatic heterocycles. The fourth-order valence-corrected chi connectivity index (χ4v) is 4.13. The number of halogens is 1. The van der Waals surface area contributed by atoms with Gasteiger partial charge in [0.05, 0.1) is 10.4 Å². The molecule has 0 radical (unpaired) electrons. The third kappa shape index (κ3) is 2.65. The quantitative estimate of drug-likeness (QED) is 0.769. The Hall–Kier alpha value is -0.990. The highest BCUT2D eigenvalue weighted by atomic mass is 35.5. The van der Waals surface area contributed by atoms with Crippen LogP contribution in [0.5, 0.6) is 0 Å². The van der Waals surface area contributed by atoms with Crippen molar-refractivity contribution < 1.29 is 0 Å². The second kappa shape index (κ2) is 5.18. The van der Waals surface area contributed by atoms with E-state index in [-0.39, 0.29) is 0 Å². The van der Waals surface area contributed by atoms with Crippen molar-refractivity contribution in [2.75, 3.05) is 5.32 Å². The van der Waals surface area contributed by atoms with E-state index < -0.39 is 0 Å². The average molecular weight is 292 g/mol. The van der Waals surface area contributed by atoms with Crippen LogP contribution in [-0.4, -0.2) is 0 Å². The van der Waals surface area contributed by atoms with Crippen LogP contribution < -0.4 is 5.32 Å². The molecule has 1 unspecified atom stereocenters. The molecule has 3 rings (SSSR count). The van der Waals surface area contributed by atoms with Crippen molar-refractivity contribution in [2.24, 2.45) is 0 Å². The van der Waals surface area contributed by atoms with Crippen LogP contribution >= 0.6 is 22.9 Å². The van der Waals surface area contributed by atoms with Gasteiger partial charge in [0.25, 0.3) is 0 Å². The Kier molecular flexibility index (Phi) is 3.55. The summed E-state index contributed by atoms with van der Waals surface area (Å²) in [4.78, 5) is 1.46. The van der Waals surface area contributed by atoms with Crippen molar-refractivity contribution in [3.05, 3.63) is 50.2 Å². The molecule has 1 heterocycles. The maximum absolute atomic E-state index is 6.17. The molecule has 0 aliphatic heterocycles. The molecule has 1 aliphatic carbocycles. The summed E-state index contributed by atoms with van der Waals surface area (Å²) < 4.78 is 0.916. The predicted molar refractivity (Wildman–Crippen MR) is 84.5 cm³/mol. The average Bonchev–Trinajstić information content (AvgIpc) is 2.75. The smallest absolute Gasteiger partial charge is 0.0934 e. The van der Waals surface area contributed by atoms with Gasteiger partial charge in [0, 0.05) is 10.6 Å². The number of benzene rings is 1. The second-order valence-electron chi connectivity index (χ2n) is 5.34. The highest BCUT2D eigenvalue weighted by molar-refractivity contribution is 7.16. The molecule has 1 aromatic carbocycles. The van der Waals surface area contributed by atoms with Crippen LogP contribution in [-0.2, 0) is 6.42 Å². The summed E-state index contributed by atoms with van der Waals surface area (Å²) in [5.74, 6) is 0. The fourth-order valence-electron chi connectivity index (χ4n) is 2.75. The lowest BCUT2D eigenvalue weighted by Gasteiger charge is -2.25. The summed E-state index contributed by atoms with van der Waals surface area (Å²) in [6.07, 6.45) is 3.61. The van der Waals surface area contributed by atoms with Gasteiger partial charge in [-0.05, 0) is 61.9 Å². The van der Waals surface area contributed by atoms with Crippen molar-refractivity contribution in [1.82, 2.24) is 0 Å². The molecule has 0 fully saturated rings. The molecular weight excluding hydrogens is 274 g/mol. The van der Waals surface area contributed by atoms with Crippen molar-refractivity contribution in [3.63, 3.8) is 0 Å². The molecule has 0 spiro atoms. The molecule has 1 nitrogen and oxygen atoms in total. The van der Waals surface area contributed by atoms with Crippen molar-refractivity contribution in [1.29, 1.82) is 0 Å². The molecule has 0 bridgehead atoms. The fraction of sp³-hybridized carbons (Fsp3) is 0.375. The van der Waals surface area contributed by atoms with Crippen molar-refractivity contribution in [2.45, 2.75) is 39.2 Å². The van der Waals surface area contributed by atoms with Gasteiger partial charge in [-0.1, -0.05) is 23.7 Å². The third-order valence-corrected chi connectivity index (χ3v) is 5.15. The van der Waals surface area contributed by atoms with Gasteiger partial charge in [-0.3, -0.25) is 0 Å². The van der Waals surface area contributed by atoms with E-state index in [0.29, 0.717) is 6.04 Å². The van der Waals surface area contributed by atoms with E-state index in [1.54, 1.807) is 11.3 Å². The molecular formula is C16H18ClNS. The van der Waals surface area contributed by atoms with Gasteiger partial charge in [-0.2, -0.15) is 0 Å². The van der Waals surface area contributed by atoms with Gasteiger partial charge in [0.15, 0.2) is 0 Å². The van der Waals surface area contributed by atoms with Crippen molar-refractivity contribution in [3.8, 4) is 0 Å². The minimum Gasteiger partial charge on any atom is -0.378 e. The zero-order chi connectivity index (χ0) is 13.4. The first-order valence-corrected chi connectivity index (χ1v) is 7.95. The maximum Gasteiger partial charge on any atom is 0.0934 e. The highest BCUT2D eigenvalue weighted by Gasteiger charge is 2.22. The standard InChI is InChI=1S/C16H18ClNS/c1-10-6-7-11(2)14(8-10)18-13-4-3-5-15-12(13)9-16(17)19-15/h6-9,13,18H,3-5H2,1-2H3. The summed E-state index contributed by atoms with van der Waals surface area (Å²) in [5, 5.41) is 3.71. The molecule has 1 aliphatic rings. The Balaban J connectivity index is 1.90. The number of rotatable bonds is 2. The van der Waals surface area contributed by atoms with Crippen LogP contribution in [0, 0.1) is 13.8 Å². The van der Waals surface area contributed by atoms with Gasteiger partial charge in [0.1, 0.15) is 0 Å². The van der Waals surface area contributed by atoms with Crippen LogP contribution in [0.25, 0.3) is 0 Å². The van der Waals surface area contributed by atoms with E-state index in [2.05, 4.69) is 43.4 Å². The molecule has 100 valence electrons. The Bertz CT molecular complexity index is 603. The Labute approximate surface area is 123 Å². The number of aryl methyl sites for hydroxylation is 3. The van der Waals surface area contributed by atoms with E-state index in [1.165, 1.54) is 46.5 Å². The lowest BCUT2D eigenvalue weighted by molar-refractivity contribution is 0.608. The SMILES string of the molecule is Cc1ccc(C)c(NC2CCCc3sc(Cl)cc32)c1. The largest absolute Gasteiger partial charge is 0.378 e. The number of hydrogen-bond donors (Lipinski definition) is 1. The van der Waals surface area contributed by atoms with Gasteiger partial charge < -0.3 is 5.32 Å². The van der Waals surface area contributed by atoms with E-state index in [1.807, 2.05) is 0 Å². The molecule has 19 heavy (non-hydrogen) atoms. The van der Waals surface area contributed by atoms with E-state index in [4.69, 9.17) is 11.6 Å². The molecule has 0 amide bonds. The molecule has 3 heteroatoms. The minimum absolute atomic E-state index is 0.410. The van der Waals surface area contributed by atoms with Crippen LogP contribution in [0.4, 0.5) is 5.69 Å². The summed E-state index contributed by atoms with van der Waals surface area (Å²) in [6, 6.07) is 9.13. The summed E-state index contributed by atoms with van der Waals surface area (Å²) in [7, 11) is 0. The number of thiophene rings is 1. The Morgan fingerprint density at radius 2 is 2.11 bits per heavy atom. The third-order valence-electron chi connectivity index (χ3n) is 3.81. The topological polar surface area (TPSA) is 12.0 Å². The zero-order valence-corrected chi connectivity index (χ0v) is 12.9. The van der Waals surface area contributed by atoms with Gasteiger partial charge in [-0.25, -0.2) is 0 Å². The summed E-state index contributed by atoms with van der Waals surface area (Å²) in [6.45, 7) is 4.30. The Morgan fingerprint density at radius 1 is 1.26 bits per heavy atom. The van der Waals surface area contributed by atoms with Crippen molar-refractivity contribution >= 4 is 28.6 Å². The number of nitrogens with one attached hydrogen (secondary N) is 1. The van der Waals surface area contributed by atoms with Gasteiger partial charge >= 0.3 is 0 Å². The normalized spacial score (nSPS) is 18.2. The monoisotopic (exact) mass is 291 g/mol. The van der Waals surface area contributed by atoms with Crippen LogP contribution in [0.15, 0.2) is 24.3 Å². The number of fused-ring (bicyclic) bond motifs is 1. The molecule has 1 N–H and O–H groups in total. The van der Waals surface area contributed by atoms with Gasteiger partial charge in [0.2, 0.25) is 0 Å². The van der Waals surface area contributed by atoms with Gasteiger partial charge in [-0.15, -0.1) is 11.3 Å². The van der Waals surface area contributed by atoms with Crippen LogP contribution in [0.3, 0.4) is 0 Å². The highest BCUT2D eigenvalue weighted by Crippen LogP contribution is 2.39. The lowest BCUT2D eigenvalue weighted by Crippen LogP contribution is -2.16. The molecule has 0 saturated carbocycles. The zero-order valence-electron chi connectivity index (χ0n) is 11.3. The van der Waals surface area contributed by atoms with Crippen LogP contribution in [0.2, 0.25) is 4.34 Å². The van der Waals surface area contributed by atoms with E-state index in [0.717, 1.165) is 4.34 Å². The van der Waals surface area contributed by atoms with E-state index >= 15 is 0 Å². The number of hydrogen-bond acceptors (Lipinski definition) is 2. The summed E-state index contributed by atoms with van der Waals surface area (Å²) >= 11 is 7.90. The van der Waals surface area contributed by atoms with E-state index in [9.17, 15) is 0 Å². The first-order valence-electron chi connectivity index (χ1n) is 6.75. The number of anilines is 1. The lowest BCUT2D eigenvalue weighted by atomic mass is 9.93. The predicted octanol–water partition coefficient (Wildman–Crippen LogP) is 5.51.